The summed E-state index contributed by atoms with van der Waals surface area (Å²) in [7, 11) is 0. The van der Waals surface area contributed by atoms with Crippen LogP contribution in [0, 0.1) is 0 Å². The monoisotopic (exact) mass is 361 g/mol. The fraction of sp³-hybridized carbons (Fsp3) is 0.0769. The second-order valence-electron chi connectivity index (χ2n) is 7.18. The molecule has 0 N–H and O–H groups in total. The van der Waals surface area contributed by atoms with Gasteiger partial charge in [0.1, 0.15) is 5.69 Å². The summed E-state index contributed by atoms with van der Waals surface area (Å²) in [4.78, 5) is 4.67. The van der Waals surface area contributed by atoms with Gasteiger partial charge >= 0.3 is 0 Å². The van der Waals surface area contributed by atoms with Gasteiger partial charge in [-0.15, -0.1) is 0 Å². The predicted molar refractivity (Wildman–Crippen MR) is 114 cm³/mol. The molecule has 1 aromatic heterocycles. The highest BCUT2D eigenvalue weighted by Crippen LogP contribution is 2.29. The zero-order chi connectivity index (χ0) is 18.8. The third-order valence-electron chi connectivity index (χ3n) is 5.26. The van der Waals surface area contributed by atoms with Crippen LogP contribution in [0.15, 0.2) is 104 Å². The molecule has 0 unspecified atom stereocenters. The fourth-order valence-corrected chi connectivity index (χ4v) is 3.95. The van der Waals surface area contributed by atoms with Crippen LogP contribution in [0.2, 0.25) is 0 Å². The lowest BCUT2D eigenvalue weighted by molar-refractivity contribution is -0.689. The maximum Gasteiger partial charge on any atom is 0.191 e. The quantitative estimate of drug-likeness (QED) is 0.313. The van der Waals surface area contributed by atoms with E-state index in [2.05, 4.69) is 101 Å². The van der Waals surface area contributed by atoms with E-state index in [1.807, 2.05) is 12.4 Å². The lowest BCUT2D eigenvalue weighted by Crippen LogP contribution is -2.34. The lowest BCUT2D eigenvalue weighted by atomic mass is 9.94. The molecule has 5 aromatic rings. The molecular weight excluding hydrogens is 340 g/mol. The van der Waals surface area contributed by atoms with E-state index in [0.717, 1.165) is 18.7 Å². The topological polar surface area (TPSA) is 16.8 Å². The Bertz CT molecular complexity index is 1210. The zero-order valence-electron chi connectivity index (χ0n) is 15.6. The molecule has 28 heavy (non-hydrogen) atoms. The number of benzene rings is 4. The van der Waals surface area contributed by atoms with E-state index >= 15 is 0 Å². The fourth-order valence-electron chi connectivity index (χ4n) is 3.95. The van der Waals surface area contributed by atoms with Crippen molar-refractivity contribution in [2.45, 2.75) is 13.0 Å². The van der Waals surface area contributed by atoms with Gasteiger partial charge in [-0.25, -0.2) is 4.98 Å². The lowest BCUT2D eigenvalue weighted by Gasteiger charge is -2.11. The molecule has 0 saturated heterocycles. The summed E-state index contributed by atoms with van der Waals surface area (Å²) in [5, 5.41) is 5.18. The van der Waals surface area contributed by atoms with E-state index in [-0.39, 0.29) is 0 Å². The Balaban J connectivity index is 1.57. The van der Waals surface area contributed by atoms with E-state index < -0.39 is 0 Å². The molecule has 2 heteroatoms. The second kappa shape index (κ2) is 7.24. The second-order valence-corrected chi connectivity index (χ2v) is 7.18. The van der Waals surface area contributed by atoms with Crippen molar-refractivity contribution < 1.29 is 4.57 Å². The Kier molecular flexibility index (Phi) is 4.30. The number of fused-ring (bicyclic) bond motifs is 2. The summed E-state index contributed by atoms with van der Waals surface area (Å²) in [5.41, 5.74) is 3.72. The standard InChI is InChI=1S/C26H21N2/c1-2-8-20(9-3-1)18-28-15-14-27-23(19-28)17-26-24-12-6-4-10-21(24)16-22-11-5-7-13-25(22)26/h1-16,19H,17-18H2/q+1. The first kappa shape index (κ1) is 16.6. The molecule has 4 aromatic carbocycles. The van der Waals surface area contributed by atoms with Crippen LogP contribution >= 0.6 is 0 Å². The van der Waals surface area contributed by atoms with E-state index in [9.17, 15) is 0 Å². The van der Waals surface area contributed by atoms with Gasteiger partial charge in [0.25, 0.3) is 0 Å². The van der Waals surface area contributed by atoms with E-state index in [4.69, 9.17) is 0 Å². The zero-order valence-corrected chi connectivity index (χ0v) is 15.6. The van der Waals surface area contributed by atoms with E-state index in [0.29, 0.717) is 0 Å². The van der Waals surface area contributed by atoms with Crippen molar-refractivity contribution in [2.75, 3.05) is 0 Å². The van der Waals surface area contributed by atoms with Crippen LogP contribution in [0.25, 0.3) is 21.5 Å². The maximum atomic E-state index is 4.67. The van der Waals surface area contributed by atoms with Gasteiger partial charge in [0, 0.05) is 12.0 Å². The Morgan fingerprint density at radius 1 is 0.714 bits per heavy atom. The highest BCUT2D eigenvalue weighted by Gasteiger charge is 2.12. The van der Waals surface area contributed by atoms with Crippen molar-refractivity contribution in [2.24, 2.45) is 0 Å². The molecule has 0 radical (unpaired) electrons. The van der Waals surface area contributed by atoms with Gasteiger partial charge in [-0.1, -0.05) is 78.9 Å². The highest BCUT2D eigenvalue weighted by atomic mass is 15.0. The first-order valence-electron chi connectivity index (χ1n) is 9.64. The molecule has 0 aliphatic carbocycles. The number of hydrogen-bond donors (Lipinski definition) is 0. The van der Waals surface area contributed by atoms with Crippen molar-refractivity contribution in [1.82, 2.24) is 4.98 Å². The summed E-state index contributed by atoms with van der Waals surface area (Å²) >= 11 is 0. The third-order valence-corrected chi connectivity index (χ3v) is 5.26. The average Bonchev–Trinajstić information content (AvgIpc) is 2.75. The van der Waals surface area contributed by atoms with Crippen LogP contribution in [0.3, 0.4) is 0 Å². The van der Waals surface area contributed by atoms with Gasteiger partial charge in [-0.3, -0.25) is 0 Å². The number of rotatable bonds is 4. The smallest absolute Gasteiger partial charge is 0.191 e. The summed E-state index contributed by atoms with van der Waals surface area (Å²) in [6, 6.07) is 30.1. The Labute approximate surface area is 164 Å². The molecule has 2 nitrogen and oxygen atoms in total. The summed E-state index contributed by atoms with van der Waals surface area (Å²) in [6.07, 6.45) is 6.93. The van der Waals surface area contributed by atoms with Crippen LogP contribution in [-0.4, -0.2) is 4.98 Å². The maximum absolute atomic E-state index is 4.67. The molecule has 134 valence electrons. The summed E-state index contributed by atoms with van der Waals surface area (Å²) in [5.74, 6) is 0. The van der Waals surface area contributed by atoms with Gasteiger partial charge < -0.3 is 0 Å². The first-order chi connectivity index (χ1) is 13.9. The van der Waals surface area contributed by atoms with Crippen LogP contribution in [-0.2, 0) is 13.0 Å². The van der Waals surface area contributed by atoms with Crippen molar-refractivity contribution in [3.63, 3.8) is 0 Å². The van der Waals surface area contributed by atoms with Crippen LogP contribution in [0.1, 0.15) is 16.8 Å². The third kappa shape index (κ3) is 3.25. The van der Waals surface area contributed by atoms with Gasteiger partial charge in [-0.2, -0.15) is 4.57 Å². The number of hydrogen-bond acceptors (Lipinski definition) is 1. The van der Waals surface area contributed by atoms with Crippen molar-refractivity contribution >= 4 is 21.5 Å². The predicted octanol–water partition coefficient (Wildman–Crippen LogP) is 5.31. The minimum Gasteiger partial charge on any atom is -0.248 e. The Morgan fingerprint density at radius 2 is 1.36 bits per heavy atom. The van der Waals surface area contributed by atoms with Crippen LogP contribution < -0.4 is 4.57 Å². The molecule has 0 saturated carbocycles. The van der Waals surface area contributed by atoms with Crippen molar-refractivity contribution in [3.8, 4) is 0 Å². The molecule has 5 rings (SSSR count). The molecule has 0 aliphatic heterocycles. The van der Waals surface area contributed by atoms with E-state index in [1.54, 1.807) is 0 Å². The highest BCUT2D eigenvalue weighted by molar-refractivity contribution is 6.02. The minimum atomic E-state index is 0.817. The van der Waals surface area contributed by atoms with E-state index in [1.165, 1.54) is 32.7 Å². The first-order valence-corrected chi connectivity index (χ1v) is 9.64. The molecule has 0 amide bonds. The Morgan fingerprint density at radius 3 is 2.07 bits per heavy atom. The molecular formula is C26H21N2+. The SMILES string of the molecule is c1ccc(C[n+]2ccnc(Cc3c4ccccc4cc4ccccc34)c2)cc1. The van der Waals surface area contributed by atoms with Crippen LogP contribution in [0.4, 0.5) is 0 Å². The largest absolute Gasteiger partial charge is 0.248 e. The van der Waals surface area contributed by atoms with Gasteiger partial charge in [0.15, 0.2) is 18.9 Å². The summed E-state index contributed by atoms with van der Waals surface area (Å²) < 4.78 is 2.21. The van der Waals surface area contributed by atoms with Crippen LogP contribution in [0.5, 0.6) is 0 Å². The van der Waals surface area contributed by atoms with Gasteiger partial charge in [-0.05, 0) is 33.2 Å². The molecule has 0 aliphatic rings. The van der Waals surface area contributed by atoms with Crippen molar-refractivity contribution in [1.29, 1.82) is 0 Å². The Hall–Kier alpha value is -3.52. The molecule has 1 heterocycles. The molecule has 0 fully saturated rings. The van der Waals surface area contributed by atoms with Gasteiger partial charge in [0.05, 0.1) is 6.20 Å². The number of aromatic nitrogens is 2. The minimum absolute atomic E-state index is 0.817. The molecule has 0 bridgehead atoms. The number of nitrogens with zero attached hydrogens (tertiary/aromatic N) is 2. The van der Waals surface area contributed by atoms with Gasteiger partial charge in [0.2, 0.25) is 0 Å². The molecule has 0 atom stereocenters. The average molecular weight is 361 g/mol. The molecule has 0 spiro atoms. The van der Waals surface area contributed by atoms with Crippen molar-refractivity contribution in [3.05, 3.63) is 120 Å². The summed E-state index contributed by atoms with van der Waals surface area (Å²) in [6.45, 7) is 0.854. The normalized spacial score (nSPS) is 11.1.